The van der Waals surface area contributed by atoms with E-state index in [1.165, 1.54) is 30.3 Å². The van der Waals surface area contributed by atoms with Gasteiger partial charge in [-0.2, -0.15) is 0 Å². The summed E-state index contributed by atoms with van der Waals surface area (Å²) in [6.45, 7) is -0.337. The third-order valence-electron chi connectivity index (χ3n) is 5.39. The minimum Gasteiger partial charge on any atom is -0.462 e. The molecule has 174 valence electrons. The van der Waals surface area contributed by atoms with E-state index in [9.17, 15) is 30.0 Å². The van der Waals surface area contributed by atoms with Crippen LogP contribution in [-0.4, -0.2) is 76.2 Å². The van der Waals surface area contributed by atoms with E-state index in [0.717, 1.165) is 11.1 Å². The monoisotopic (exact) mass is 457 g/mol. The third-order valence-corrected chi connectivity index (χ3v) is 5.39. The van der Waals surface area contributed by atoms with Crippen LogP contribution in [0.25, 0.3) is 5.57 Å². The Morgan fingerprint density at radius 3 is 2.30 bits per heavy atom. The van der Waals surface area contributed by atoms with E-state index >= 15 is 0 Å². The van der Waals surface area contributed by atoms with Gasteiger partial charge in [0.25, 0.3) is 5.91 Å². The molecule has 4 rings (SSSR count). The van der Waals surface area contributed by atoms with Crippen LogP contribution >= 0.6 is 0 Å². The van der Waals surface area contributed by atoms with Crippen molar-refractivity contribution in [1.82, 2.24) is 0 Å². The lowest BCUT2D eigenvalue weighted by molar-refractivity contribution is -0.277. The number of cyclic esters (lactones) is 1. The van der Waals surface area contributed by atoms with E-state index < -0.39 is 37.3 Å². The lowest BCUT2D eigenvalue weighted by atomic mass is 9.99. The van der Waals surface area contributed by atoms with Gasteiger partial charge in [-0.3, -0.25) is 4.79 Å². The third kappa shape index (κ3) is 5.05. The van der Waals surface area contributed by atoms with E-state index in [4.69, 9.17) is 14.2 Å². The van der Waals surface area contributed by atoms with Gasteiger partial charge in [0, 0.05) is 22.9 Å². The summed E-state index contributed by atoms with van der Waals surface area (Å²) in [4.78, 5) is 23.7. The highest BCUT2D eigenvalue weighted by molar-refractivity contribution is 6.04. The molecule has 0 radical (unpaired) electrons. The first kappa shape index (κ1) is 22.9. The van der Waals surface area contributed by atoms with Gasteiger partial charge in [0.05, 0.1) is 6.61 Å². The molecule has 2 aromatic rings. The lowest BCUT2D eigenvalue weighted by Gasteiger charge is -2.39. The Hall–Kier alpha value is -3.28. The molecule has 5 atom stereocenters. The van der Waals surface area contributed by atoms with Crippen molar-refractivity contribution in [3.63, 3.8) is 0 Å². The molecule has 10 nitrogen and oxygen atoms in total. The SMILES string of the molecule is O=C1C=C(c2ccc(NC(=O)c3ccc(OC4OC(CO)C(O)C(O)C4O)cc3)cc2)CO1. The van der Waals surface area contributed by atoms with Crippen molar-refractivity contribution in [3.05, 3.63) is 65.7 Å². The maximum absolute atomic E-state index is 12.5. The summed E-state index contributed by atoms with van der Waals surface area (Å²) in [6.07, 6.45) is -5.51. The predicted octanol–water partition coefficient (Wildman–Crippen LogP) is 0.0578. The summed E-state index contributed by atoms with van der Waals surface area (Å²) in [6, 6.07) is 13.0. The number of hydrogen-bond acceptors (Lipinski definition) is 9. The number of aliphatic hydroxyl groups excluding tert-OH is 4. The second kappa shape index (κ2) is 9.69. The summed E-state index contributed by atoms with van der Waals surface area (Å²) in [7, 11) is 0. The minimum absolute atomic E-state index is 0.224. The summed E-state index contributed by atoms with van der Waals surface area (Å²) in [5.41, 5.74) is 2.51. The fourth-order valence-corrected chi connectivity index (χ4v) is 3.50. The van der Waals surface area contributed by atoms with E-state index in [0.29, 0.717) is 11.3 Å². The average Bonchev–Trinajstić information content (AvgIpc) is 3.26. The van der Waals surface area contributed by atoms with Crippen LogP contribution in [0.3, 0.4) is 0 Å². The van der Waals surface area contributed by atoms with Crippen molar-refractivity contribution in [2.45, 2.75) is 30.7 Å². The van der Waals surface area contributed by atoms with Crippen LogP contribution in [0.15, 0.2) is 54.6 Å². The number of esters is 1. The maximum atomic E-state index is 12.5. The largest absolute Gasteiger partial charge is 0.462 e. The number of nitrogens with one attached hydrogen (secondary N) is 1. The molecule has 1 fully saturated rings. The van der Waals surface area contributed by atoms with Crippen LogP contribution in [0.4, 0.5) is 5.69 Å². The number of carbonyl (C=O) groups excluding carboxylic acids is 2. The number of benzene rings is 2. The minimum atomic E-state index is -1.55. The van der Waals surface area contributed by atoms with Crippen molar-refractivity contribution in [2.24, 2.45) is 0 Å². The first-order valence-electron chi connectivity index (χ1n) is 10.2. The van der Waals surface area contributed by atoms with Gasteiger partial charge in [-0.05, 0) is 42.0 Å². The smallest absolute Gasteiger partial charge is 0.331 e. The van der Waals surface area contributed by atoms with Gasteiger partial charge >= 0.3 is 5.97 Å². The molecule has 0 aliphatic carbocycles. The van der Waals surface area contributed by atoms with Crippen molar-refractivity contribution in [2.75, 3.05) is 18.5 Å². The van der Waals surface area contributed by atoms with E-state index in [-0.39, 0.29) is 24.2 Å². The molecule has 2 aliphatic rings. The molecule has 0 bridgehead atoms. The summed E-state index contributed by atoms with van der Waals surface area (Å²) < 4.78 is 15.7. The number of ether oxygens (including phenoxy) is 3. The van der Waals surface area contributed by atoms with Gasteiger partial charge in [0.2, 0.25) is 6.29 Å². The molecule has 33 heavy (non-hydrogen) atoms. The zero-order valence-corrected chi connectivity index (χ0v) is 17.3. The fraction of sp³-hybridized carbons (Fsp3) is 0.304. The Morgan fingerprint density at radius 1 is 1.00 bits per heavy atom. The Kier molecular flexibility index (Phi) is 6.72. The molecular formula is C23H23NO9. The number of amides is 1. The first-order chi connectivity index (χ1) is 15.9. The van der Waals surface area contributed by atoms with Gasteiger partial charge < -0.3 is 40.0 Å². The molecule has 5 unspecified atom stereocenters. The average molecular weight is 457 g/mol. The molecule has 0 spiro atoms. The van der Waals surface area contributed by atoms with Crippen LogP contribution in [-0.2, 0) is 14.3 Å². The summed E-state index contributed by atoms with van der Waals surface area (Å²) in [5.74, 6) is -0.482. The quantitative estimate of drug-likeness (QED) is 0.379. The van der Waals surface area contributed by atoms with Gasteiger partial charge in [-0.1, -0.05) is 12.1 Å². The van der Waals surface area contributed by atoms with Gasteiger partial charge in [0.1, 0.15) is 36.8 Å². The molecule has 0 aromatic heterocycles. The molecule has 1 saturated heterocycles. The molecule has 0 saturated carbocycles. The van der Waals surface area contributed by atoms with Crippen LogP contribution in [0.2, 0.25) is 0 Å². The standard InChI is InChI=1S/C23H23NO9/c25-10-17-19(27)20(28)21(29)23(33-17)32-16-7-3-13(4-8-16)22(30)24-15-5-1-12(2-6-15)14-9-18(26)31-11-14/h1-9,17,19-21,23,25,27-29H,10-11H2,(H,24,30). The maximum Gasteiger partial charge on any atom is 0.331 e. The van der Waals surface area contributed by atoms with Crippen molar-refractivity contribution in [1.29, 1.82) is 0 Å². The highest BCUT2D eigenvalue weighted by atomic mass is 16.7. The number of hydrogen-bond donors (Lipinski definition) is 5. The lowest BCUT2D eigenvalue weighted by Crippen LogP contribution is -2.60. The zero-order chi connectivity index (χ0) is 23.5. The number of aliphatic hydroxyl groups is 4. The van der Waals surface area contributed by atoms with E-state index in [1.807, 2.05) is 0 Å². The van der Waals surface area contributed by atoms with Crippen LogP contribution in [0.1, 0.15) is 15.9 Å². The van der Waals surface area contributed by atoms with Gasteiger partial charge in [-0.25, -0.2) is 4.79 Å². The summed E-state index contributed by atoms with van der Waals surface area (Å²) >= 11 is 0. The molecule has 1 amide bonds. The second-order valence-electron chi connectivity index (χ2n) is 7.65. The fourth-order valence-electron chi connectivity index (χ4n) is 3.50. The Labute approximate surface area is 188 Å². The number of carbonyl (C=O) groups is 2. The molecule has 5 N–H and O–H groups in total. The zero-order valence-electron chi connectivity index (χ0n) is 17.3. The Bertz CT molecular complexity index is 1030. The summed E-state index contributed by atoms with van der Waals surface area (Å²) in [5, 5.41) is 41.7. The molecular weight excluding hydrogens is 434 g/mol. The highest BCUT2D eigenvalue weighted by Gasteiger charge is 2.44. The number of anilines is 1. The molecule has 2 aliphatic heterocycles. The van der Waals surface area contributed by atoms with Crippen LogP contribution in [0, 0.1) is 0 Å². The molecule has 2 heterocycles. The predicted molar refractivity (Wildman–Crippen MR) is 114 cm³/mol. The van der Waals surface area contributed by atoms with E-state index in [1.54, 1.807) is 24.3 Å². The molecule has 10 heteroatoms. The Morgan fingerprint density at radius 2 is 1.70 bits per heavy atom. The van der Waals surface area contributed by atoms with Crippen molar-refractivity contribution >= 4 is 23.1 Å². The highest BCUT2D eigenvalue weighted by Crippen LogP contribution is 2.25. The van der Waals surface area contributed by atoms with Crippen molar-refractivity contribution < 1.29 is 44.2 Å². The normalized spacial score (nSPS) is 27.0. The van der Waals surface area contributed by atoms with Gasteiger partial charge in [0.15, 0.2) is 0 Å². The topological polar surface area (TPSA) is 155 Å². The second-order valence-corrected chi connectivity index (χ2v) is 7.65. The Balaban J connectivity index is 1.36. The van der Waals surface area contributed by atoms with E-state index in [2.05, 4.69) is 5.32 Å². The first-order valence-corrected chi connectivity index (χ1v) is 10.2. The van der Waals surface area contributed by atoms with Crippen LogP contribution in [0.5, 0.6) is 5.75 Å². The van der Waals surface area contributed by atoms with Crippen molar-refractivity contribution in [3.8, 4) is 5.75 Å². The van der Waals surface area contributed by atoms with Gasteiger partial charge in [-0.15, -0.1) is 0 Å². The number of rotatable bonds is 6. The van der Waals surface area contributed by atoms with Crippen LogP contribution < -0.4 is 10.1 Å². The molecule has 2 aromatic carbocycles.